The van der Waals surface area contributed by atoms with Crippen LogP contribution < -0.4 is 0 Å². The summed E-state index contributed by atoms with van der Waals surface area (Å²) in [7, 11) is 0. The molecule has 0 saturated heterocycles. The summed E-state index contributed by atoms with van der Waals surface area (Å²) in [6.07, 6.45) is 27.7. The Labute approximate surface area is 130 Å². The highest BCUT2D eigenvalue weighted by Gasteiger charge is 2.50. The van der Waals surface area contributed by atoms with Gasteiger partial charge in [0.2, 0.25) is 0 Å². The molecule has 3 rings (SSSR count). The molecule has 1 atom stereocenters. The lowest BCUT2D eigenvalue weighted by Gasteiger charge is -2.30. The largest absolute Gasteiger partial charge is 0.0845 e. The molecule has 0 N–H and O–H groups in total. The molecule has 1 saturated carbocycles. The highest BCUT2D eigenvalue weighted by molar-refractivity contribution is 5.33. The van der Waals surface area contributed by atoms with Gasteiger partial charge >= 0.3 is 0 Å². The summed E-state index contributed by atoms with van der Waals surface area (Å²) in [4.78, 5) is 0. The monoisotopic (exact) mass is 282 g/mol. The van der Waals surface area contributed by atoms with Gasteiger partial charge in [-0.05, 0) is 75.5 Å². The Hall–Kier alpha value is -1.04. The van der Waals surface area contributed by atoms with Gasteiger partial charge in [-0.15, -0.1) is 0 Å². The van der Waals surface area contributed by atoms with Crippen LogP contribution in [0.5, 0.6) is 0 Å². The third kappa shape index (κ3) is 3.42. The van der Waals surface area contributed by atoms with E-state index in [0.29, 0.717) is 5.41 Å². The summed E-state index contributed by atoms with van der Waals surface area (Å²) < 4.78 is 0. The van der Waals surface area contributed by atoms with Crippen LogP contribution in [0.3, 0.4) is 0 Å². The van der Waals surface area contributed by atoms with E-state index in [2.05, 4.69) is 43.4 Å². The third-order valence-corrected chi connectivity index (χ3v) is 5.85. The van der Waals surface area contributed by atoms with Gasteiger partial charge in [0.05, 0.1) is 0 Å². The fraction of sp³-hybridized carbons (Fsp3) is 0.619. The predicted molar refractivity (Wildman–Crippen MR) is 92.2 cm³/mol. The van der Waals surface area contributed by atoms with Gasteiger partial charge in [0.25, 0.3) is 0 Å². The zero-order valence-electron chi connectivity index (χ0n) is 13.6. The van der Waals surface area contributed by atoms with Crippen LogP contribution in [0.1, 0.15) is 71.1 Å². The number of rotatable bonds is 3. The maximum absolute atomic E-state index is 2.50. The highest BCUT2D eigenvalue weighted by atomic mass is 14.5. The van der Waals surface area contributed by atoms with Gasteiger partial charge in [-0.3, -0.25) is 0 Å². The molecule has 114 valence electrons. The molecule has 3 aliphatic carbocycles. The van der Waals surface area contributed by atoms with Crippen LogP contribution in [0.4, 0.5) is 0 Å². The van der Waals surface area contributed by atoms with E-state index in [1.807, 2.05) is 0 Å². The molecule has 0 heterocycles. The van der Waals surface area contributed by atoms with Gasteiger partial charge in [-0.25, -0.2) is 0 Å². The molecule has 0 radical (unpaired) electrons. The van der Waals surface area contributed by atoms with Crippen molar-refractivity contribution < 1.29 is 0 Å². The Kier molecular flexibility index (Phi) is 4.83. The lowest BCUT2D eigenvalue weighted by molar-refractivity contribution is 0.413. The molecule has 3 aliphatic rings. The molecule has 21 heavy (non-hydrogen) atoms. The highest BCUT2D eigenvalue weighted by Crippen LogP contribution is 2.61. The van der Waals surface area contributed by atoms with Crippen LogP contribution in [0.25, 0.3) is 0 Å². The van der Waals surface area contributed by atoms with Gasteiger partial charge < -0.3 is 0 Å². The minimum Gasteiger partial charge on any atom is -0.0845 e. The van der Waals surface area contributed by atoms with Crippen LogP contribution >= 0.6 is 0 Å². The van der Waals surface area contributed by atoms with Gasteiger partial charge in [0, 0.05) is 0 Å². The third-order valence-electron chi connectivity index (χ3n) is 5.85. The summed E-state index contributed by atoms with van der Waals surface area (Å²) >= 11 is 0. The first-order chi connectivity index (χ1) is 10.3. The van der Waals surface area contributed by atoms with Crippen molar-refractivity contribution in [3.05, 3.63) is 47.6 Å². The summed E-state index contributed by atoms with van der Waals surface area (Å²) in [6, 6.07) is 0. The van der Waals surface area contributed by atoms with Crippen molar-refractivity contribution in [2.75, 3.05) is 0 Å². The first kappa shape index (κ1) is 14.9. The zero-order chi connectivity index (χ0) is 14.5. The van der Waals surface area contributed by atoms with E-state index >= 15 is 0 Å². The summed E-state index contributed by atoms with van der Waals surface area (Å²) in [6.45, 7) is 2.50. The molecular weight excluding hydrogens is 252 g/mol. The minimum absolute atomic E-state index is 0.514. The number of hydrogen-bond acceptors (Lipinski definition) is 0. The second kappa shape index (κ2) is 6.81. The molecule has 0 bridgehead atoms. The predicted octanol–water partition coefficient (Wildman–Crippen LogP) is 6.52. The van der Waals surface area contributed by atoms with Crippen molar-refractivity contribution in [3.63, 3.8) is 0 Å². The van der Waals surface area contributed by atoms with E-state index in [4.69, 9.17) is 0 Å². The summed E-state index contributed by atoms with van der Waals surface area (Å²) in [5, 5.41) is 0. The van der Waals surface area contributed by atoms with E-state index < -0.39 is 0 Å². The molecule has 0 aromatic heterocycles. The second-order valence-electron chi connectivity index (χ2n) is 7.16. The van der Waals surface area contributed by atoms with Crippen molar-refractivity contribution in [3.8, 4) is 0 Å². The Morgan fingerprint density at radius 1 is 0.857 bits per heavy atom. The van der Waals surface area contributed by atoms with Crippen molar-refractivity contribution >= 4 is 0 Å². The maximum Gasteiger partial charge on any atom is -0.00215 e. The number of hydrogen-bond donors (Lipinski definition) is 0. The molecule has 1 unspecified atom stereocenters. The number of allylic oxidation sites excluding steroid dienone is 8. The van der Waals surface area contributed by atoms with E-state index in [0.717, 1.165) is 5.92 Å². The molecule has 0 spiro atoms. The first-order valence-corrected chi connectivity index (χ1v) is 9.05. The van der Waals surface area contributed by atoms with Crippen molar-refractivity contribution in [1.82, 2.24) is 0 Å². The standard InChI is InChI=1S/C21H30/c1-18(19-12-8-4-2-5-9-13-19)21(16-17-21)20-14-10-6-3-7-11-15-20/h4,6,8,10,12,14,18H,2-3,5,7,9,11,13,15-17H2,1H3/b8-4-,10-6-,19-12+,20-14+. The van der Waals surface area contributed by atoms with E-state index in [1.54, 1.807) is 11.1 Å². The molecular formula is C21H30. The Balaban J connectivity index is 1.80. The van der Waals surface area contributed by atoms with Crippen LogP contribution in [-0.4, -0.2) is 0 Å². The minimum atomic E-state index is 0.514. The Morgan fingerprint density at radius 3 is 2.24 bits per heavy atom. The van der Waals surface area contributed by atoms with Crippen molar-refractivity contribution in [1.29, 1.82) is 0 Å². The molecule has 0 aromatic rings. The van der Waals surface area contributed by atoms with Gasteiger partial charge in [-0.1, -0.05) is 54.5 Å². The van der Waals surface area contributed by atoms with Gasteiger partial charge in [0.1, 0.15) is 0 Å². The van der Waals surface area contributed by atoms with Gasteiger partial charge in [0.15, 0.2) is 0 Å². The summed E-state index contributed by atoms with van der Waals surface area (Å²) in [5.74, 6) is 0.735. The molecule has 0 aromatic carbocycles. The summed E-state index contributed by atoms with van der Waals surface area (Å²) in [5.41, 5.74) is 3.97. The zero-order valence-corrected chi connectivity index (χ0v) is 13.6. The lowest BCUT2D eigenvalue weighted by atomic mass is 9.75. The molecule has 0 nitrogen and oxygen atoms in total. The first-order valence-electron chi connectivity index (χ1n) is 9.05. The maximum atomic E-state index is 2.50. The van der Waals surface area contributed by atoms with Crippen molar-refractivity contribution in [2.24, 2.45) is 11.3 Å². The molecule has 0 heteroatoms. The van der Waals surface area contributed by atoms with Crippen LogP contribution in [0.2, 0.25) is 0 Å². The van der Waals surface area contributed by atoms with Crippen molar-refractivity contribution in [2.45, 2.75) is 71.1 Å². The normalized spacial score (nSPS) is 34.7. The fourth-order valence-corrected chi connectivity index (χ4v) is 4.20. The van der Waals surface area contributed by atoms with E-state index in [9.17, 15) is 0 Å². The lowest BCUT2D eigenvalue weighted by Crippen LogP contribution is -2.19. The smallest absolute Gasteiger partial charge is 0.00215 e. The average molecular weight is 282 g/mol. The molecule has 0 aliphatic heterocycles. The molecule has 0 amide bonds. The molecule has 1 fully saturated rings. The van der Waals surface area contributed by atoms with Gasteiger partial charge in [-0.2, -0.15) is 0 Å². The van der Waals surface area contributed by atoms with Crippen LogP contribution in [-0.2, 0) is 0 Å². The fourth-order valence-electron chi connectivity index (χ4n) is 4.20. The SMILES string of the molecule is CC(/C1=C/C=C\CCCC1)C1(/C2=C/C=C\CCCC2)CC1. The Morgan fingerprint density at radius 2 is 1.52 bits per heavy atom. The quantitative estimate of drug-likeness (QED) is 0.553. The van der Waals surface area contributed by atoms with Crippen LogP contribution in [0.15, 0.2) is 47.6 Å². The van der Waals surface area contributed by atoms with Crippen LogP contribution in [0, 0.1) is 11.3 Å². The Bertz CT molecular complexity index is 468. The second-order valence-corrected chi connectivity index (χ2v) is 7.16. The van der Waals surface area contributed by atoms with E-state index in [1.165, 1.54) is 64.2 Å². The topological polar surface area (TPSA) is 0 Å². The van der Waals surface area contributed by atoms with E-state index in [-0.39, 0.29) is 0 Å². The average Bonchev–Trinajstić information content (AvgIpc) is 3.18.